The molecule has 0 N–H and O–H groups in total. The molecule has 5 heteroatoms. The van der Waals surface area contributed by atoms with Gasteiger partial charge < -0.3 is 9.47 Å². The molecular weight excluding hydrogens is 290 g/mol. The maximum Gasteiger partial charge on any atom is 1.00 e. The van der Waals surface area contributed by atoms with Crippen LogP contribution in [-0.4, -0.2) is 13.2 Å². The zero-order chi connectivity index (χ0) is 13.3. The van der Waals surface area contributed by atoms with E-state index in [4.69, 9.17) is 32.7 Å². The van der Waals surface area contributed by atoms with Crippen molar-refractivity contribution in [1.29, 1.82) is 0 Å². The van der Waals surface area contributed by atoms with Crippen LogP contribution in [-0.2, 0) is 15.3 Å². The summed E-state index contributed by atoms with van der Waals surface area (Å²) in [5.41, 5.74) is 1.70. The topological polar surface area (TPSA) is 18.5 Å². The minimum absolute atomic E-state index is 0. The predicted octanol–water partition coefficient (Wildman–Crippen LogP) is 1.05. The summed E-state index contributed by atoms with van der Waals surface area (Å²) in [4.78, 5) is 0. The summed E-state index contributed by atoms with van der Waals surface area (Å²) in [7, 11) is 0. The Morgan fingerprint density at radius 3 is 2.05 bits per heavy atom. The smallest absolute Gasteiger partial charge is 0.341 e. The molecule has 0 amide bonds. The number of rotatable bonds is 2. The van der Waals surface area contributed by atoms with E-state index in [-0.39, 0.29) is 18.9 Å². The fourth-order valence-electron chi connectivity index (χ4n) is 2.17. The molecule has 0 saturated carbocycles. The molecule has 1 fully saturated rings. The standard InChI is InChI=1S/C15H11Cl2O2.Li/c16-13-5-1-11(2-6-13)15(18-9-10-19-15)12-3-7-14(17)8-4-12;/h1-3,5-8H,9-10H2;/q-1;+1. The Labute approximate surface area is 140 Å². The van der Waals surface area contributed by atoms with Gasteiger partial charge >= 0.3 is 18.9 Å². The van der Waals surface area contributed by atoms with Gasteiger partial charge in [-0.1, -0.05) is 34.3 Å². The molecule has 0 radical (unpaired) electrons. The van der Waals surface area contributed by atoms with E-state index in [1.807, 2.05) is 30.3 Å². The molecule has 0 bridgehead atoms. The van der Waals surface area contributed by atoms with Gasteiger partial charge in [-0.3, -0.25) is 0 Å². The average molecular weight is 301 g/mol. The van der Waals surface area contributed by atoms with Gasteiger partial charge in [-0.2, -0.15) is 35.9 Å². The number of ether oxygens (including phenoxy) is 2. The molecule has 0 unspecified atom stereocenters. The van der Waals surface area contributed by atoms with Gasteiger partial charge in [0.15, 0.2) is 5.79 Å². The average Bonchev–Trinajstić information content (AvgIpc) is 2.91. The molecule has 0 atom stereocenters. The van der Waals surface area contributed by atoms with Crippen LogP contribution in [0.3, 0.4) is 0 Å². The Hall–Kier alpha value is -0.463. The van der Waals surface area contributed by atoms with Crippen molar-refractivity contribution in [2.45, 2.75) is 5.79 Å². The van der Waals surface area contributed by atoms with Gasteiger partial charge in [-0.15, -0.1) is 0 Å². The fourth-order valence-corrected chi connectivity index (χ4v) is 2.41. The van der Waals surface area contributed by atoms with E-state index in [9.17, 15) is 0 Å². The maximum atomic E-state index is 5.92. The Morgan fingerprint density at radius 2 is 1.50 bits per heavy atom. The van der Waals surface area contributed by atoms with Crippen LogP contribution in [0.5, 0.6) is 0 Å². The van der Waals surface area contributed by atoms with E-state index in [0.29, 0.717) is 23.3 Å². The summed E-state index contributed by atoms with van der Waals surface area (Å²) in [5.74, 6) is -0.908. The Morgan fingerprint density at radius 1 is 0.900 bits per heavy atom. The Balaban J connectivity index is 0.00000147. The molecule has 0 aliphatic carbocycles. The van der Waals surface area contributed by atoms with Crippen LogP contribution in [0.1, 0.15) is 11.1 Å². The van der Waals surface area contributed by atoms with Crippen LogP contribution < -0.4 is 18.9 Å². The molecule has 1 heterocycles. The van der Waals surface area contributed by atoms with Crippen molar-refractivity contribution in [3.05, 3.63) is 69.7 Å². The Kier molecular flexibility index (Phi) is 5.20. The third-order valence-corrected chi connectivity index (χ3v) is 3.53. The SMILES string of the molecule is Clc1c[c-]c(C2(c3ccc(Cl)cc3)OCCO2)cc1.[Li+]. The molecular formula is C15H11Cl2LiO2. The number of hydrogen-bond acceptors (Lipinski definition) is 2. The minimum atomic E-state index is -0.908. The van der Waals surface area contributed by atoms with Crippen LogP contribution >= 0.6 is 23.2 Å². The second-order valence-corrected chi connectivity index (χ2v) is 5.11. The summed E-state index contributed by atoms with van der Waals surface area (Å²) in [6, 6.07) is 15.9. The third kappa shape index (κ3) is 2.92. The van der Waals surface area contributed by atoms with Crippen molar-refractivity contribution in [1.82, 2.24) is 0 Å². The van der Waals surface area contributed by atoms with E-state index >= 15 is 0 Å². The quantitative estimate of drug-likeness (QED) is 0.610. The van der Waals surface area contributed by atoms with Gasteiger partial charge in [0.1, 0.15) is 0 Å². The first-order chi connectivity index (χ1) is 9.21. The zero-order valence-electron chi connectivity index (χ0n) is 11.0. The molecule has 3 rings (SSSR count). The van der Waals surface area contributed by atoms with Gasteiger partial charge in [-0.05, 0) is 12.1 Å². The van der Waals surface area contributed by atoms with Gasteiger partial charge in [-0.25, -0.2) is 0 Å². The van der Waals surface area contributed by atoms with Gasteiger partial charge in [0.2, 0.25) is 0 Å². The van der Waals surface area contributed by atoms with Crippen LogP contribution in [0, 0.1) is 6.07 Å². The number of hydrogen-bond donors (Lipinski definition) is 0. The third-order valence-electron chi connectivity index (χ3n) is 3.05. The summed E-state index contributed by atoms with van der Waals surface area (Å²) < 4.78 is 11.7. The molecule has 2 aromatic carbocycles. The molecule has 1 aliphatic rings. The first-order valence-electron chi connectivity index (χ1n) is 5.92. The van der Waals surface area contributed by atoms with Gasteiger partial charge in [0.05, 0.1) is 13.2 Å². The van der Waals surface area contributed by atoms with Crippen LogP contribution in [0.15, 0.2) is 42.5 Å². The van der Waals surface area contributed by atoms with E-state index in [0.717, 1.165) is 11.1 Å². The van der Waals surface area contributed by atoms with Crippen LogP contribution in [0.25, 0.3) is 0 Å². The molecule has 20 heavy (non-hydrogen) atoms. The van der Waals surface area contributed by atoms with Crippen molar-refractivity contribution in [2.24, 2.45) is 0 Å². The summed E-state index contributed by atoms with van der Waals surface area (Å²) in [6.07, 6.45) is 0. The molecule has 2 nitrogen and oxygen atoms in total. The van der Waals surface area contributed by atoms with Crippen molar-refractivity contribution in [2.75, 3.05) is 13.2 Å². The second kappa shape index (κ2) is 6.53. The van der Waals surface area contributed by atoms with Crippen LogP contribution in [0.2, 0.25) is 10.0 Å². The van der Waals surface area contributed by atoms with Crippen LogP contribution in [0.4, 0.5) is 0 Å². The second-order valence-electron chi connectivity index (χ2n) is 4.24. The molecule has 2 aromatic rings. The monoisotopic (exact) mass is 300 g/mol. The van der Waals surface area contributed by atoms with E-state index in [1.165, 1.54) is 0 Å². The summed E-state index contributed by atoms with van der Waals surface area (Å²) in [5, 5.41) is 1.31. The largest absolute Gasteiger partial charge is 1.00 e. The van der Waals surface area contributed by atoms with Crippen molar-refractivity contribution in [3.63, 3.8) is 0 Å². The molecule has 0 aromatic heterocycles. The zero-order valence-corrected chi connectivity index (χ0v) is 12.5. The molecule has 0 spiro atoms. The summed E-state index contributed by atoms with van der Waals surface area (Å²) >= 11 is 11.8. The maximum absolute atomic E-state index is 5.92. The number of benzene rings is 2. The van der Waals surface area contributed by atoms with Crippen molar-refractivity contribution in [3.8, 4) is 0 Å². The van der Waals surface area contributed by atoms with Crippen molar-refractivity contribution >= 4 is 23.2 Å². The normalized spacial score (nSPS) is 16.7. The van der Waals surface area contributed by atoms with Gasteiger partial charge in [0.25, 0.3) is 0 Å². The summed E-state index contributed by atoms with van der Waals surface area (Å²) in [6.45, 7) is 1.08. The fraction of sp³-hybridized carbons (Fsp3) is 0.200. The molecule has 1 saturated heterocycles. The van der Waals surface area contributed by atoms with E-state index < -0.39 is 5.79 Å². The van der Waals surface area contributed by atoms with E-state index in [1.54, 1.807) is 12.1 Å². The first kappa shape index (κ1) is 15.9. The number of halogens is 2. The molecule has 1 aliphatic heterocycles. The van der Waals surface area contributed by atoms with Crippen molar-refractivity contribution < 1.29 is 28.3 Å². The Bertz CT molecular complexity index is 516. The van der Waals surface area contributed by atoms with Gasteiger partial charge in [0, 0.05) is 10.6 Å². The molecule has 98 valence electrons. The van der Waals surface area contributed by atoms with E-state index in [2.05, 4.69) is 6.07 Å². The predicted molar refractivity (Wildman–Crippen MR) is 74.4 cm³/mol. The first-order valence-corrected chi connectivity index (χ1v) is 6.68. The minimum Gasteiger partial charge on any atom is -0.341 e.